The molecule has 0 amide bonds. The predicted molar refractivity (Wildman–Crippen MR) is 110 cm³/mol. The van der Waals surface area contributed by atoms with Crippen molar-refractivity contribution in [2.75, 3.05) is 10.5 Å². The Morgan fingerprint density at radius 2 is 1.90 bits per heavy atom. The van der Waals surface area contributed by atoms with Gasteiger partial charge < -0.3 is 10.7 Å². The number of sulfonamides is 1. The van der Waals surface area contributed by atoms with Crippen molar-refractivity contribution in [2.24, 2.45) is 0 Å². The number of nitrogens with one attached hydrogen (secondary N) is 2. The number of aromatic amines is 1. The minimum absolute atomic E-state index is 0.179. The molecule has 0 aliphatic heterocycles. The largest absolute Gasteiger partial charge is 0.383 e. The Bertz CT molecular complexity index is 1350. The maximum atomic E-state index is 13.0. The van der Waals surface area contributed by atoms with Crippen LogP contribution in [0.25, 0.3) is 11.0 Å². The molecule has 0 saturated carbocycles. The summed E-state index contributed by atoms with van der Waals surface area (Å²) < 4.78 is 28.0. The van der Waals surface area contributed by atoms with Gasteiger partial charge in [0.15, 0.2) is 5.78 Å². The molecule has 0 aliphatic carbocycles. The van der Waals surface area contributed by atoms with E-state index in [9.17, 15) is 13.2 Å². The van der Waals surface area contributed by atoms with Crippen LogP contribution < -0.4 is 10.5 Å². The average Bonchev–Trinajstić information content (AvgIpc) is 3.13. The van der Waals surface area contributed by atoms with Gasteiger partial charge in [0.25, 0.3) is 10.0 Å². The zero-order chi connectivity index (χ0) is 20.6. The van der Waals surface area contributed by atoms with Crippen molar-refractivity contribution in [2.45, 2.75) is 11.8 Å². The Balaban J connectivity index is 1.69. The standard InChI is InChI=1S/C20H17N5O3S/c1-12-5-2-3-8-16(12)29(27,28)25-14-7-4-6-13(9-14)18(26)15-10-22-20-17(15)19(21)23-11-24-20/h2-11,25H,1H3,(H3,21,22,23,24). The Morgan fingerprint density at radius 1 is 1.10 bits per heavy atom. The second-order valence-electron chi connectivity index (χ2n) is 6.47. The van der Waals surface area contributed by atoms with Gasteiger partial charge in [-0.25, -0.2) is 18.4 Å². The van der Waals surface area contributed by atoms with E-state index in [1.54, 1.807) is 43.3 Å². The number of H-pyrrole nitrogens is 1. The van der Waals surface area contributed by atoms with Gasteiger partial charge in [-0.3, -0.25) is 9.52 Å². The summed E-state index contributed by atoms with van der Waals surface area (Å²) in [6, 6.07) is 13.0. The summed E-state index contributed by atoms with van der Waals surface area (Å²) in [5.74, 6) is -0.134. The summed E-state index contributed by atoms with van der Waals surface area (Å²) in [6.07, 6.45) is 2.83. The lowest BCUT2D eigenvalue weighted by Gasteiger charge is -2.11. The normalized spacial score (nSPS) is 11.5. The minimum atomic E-state index is -3.79. The zero-order valence-corrected chi connectivity index (χ0v) is 16.2. The second-order valence-corrected chi connectivity index (χ2v) is 8.12. The topological polar surface area (TPSA) is 131 Å². The van der Waals surface area contributed by atoms with Crippen molar-refractivity contribution in [3.05, 3.63) is 77.7 Å². The van der Waals surface area contributed by atoms with E-state index in [0.717, 1.165) is 0 Å². The van der Waals surface area contributed by atoms with Crippen molar-refractivity contribution in [3.63, 3.8) is 0 Å². The summed E-state index contributed by atoms with van der Waals surface area (Å²) >= 11 is 0. The number of ketones is 1. The molecule has 2 heterocycles. The van der Waals surface area contributed by atoms with Gasteiger partial charge in [0, 0.05) is 17.4 Å². The summed E-state index contributed by atoms with van der Waals surface area (Å²) in [6.45, 7) is 1.72. The number of rotatable bonds is 5. The average molecular weight is 407 g/mol. The van der Waals surface area contributed by atoms with Crippen LogP contribution >= 0.6 is 0 Å². The fourth-order valence-corrected chi connectivity index (χ4v) is 4.41. The van der Waals surface area contributed by atoms with Gasteiger partial charge in [0.1, 0.15) is 17.8 Å². The number of fused-ring (bicyclic) bond motifs is 1. The van der Waals surface area contributed by atoms with Gasteiger partial charge >= 0.3 is 0 Å². The van der Waals surface area contributed by atoms with Crippen molar-refractivity contribution in [3.8, 4) is 0 Å². The highest BCUT2D eigenvalue weighted by Crippen LogP contribution is 2.25. The molecule has 4 aromatic rings. The van der Waals surface area contributed by atoms with Crippen LogP contribution in [-0.2, 0) is 10.0 Å². The SMILES string of the molecule is Cc1ccccc1S(=O)(=O)Nc1cccc(C(=O)c2c[nH]c3ncnc(N)c23)c1. The highest BCUT2D eigenvalue weighted by Gasteiger charge is 2.20. The number of nitrogens with zero attached hydrogens (tertiary/aromatic N) is 2. The highest BCUT2D eigenvalue weighted by molar-refractivity contribution is 7.92. The molecule has 9 heteroatoms. The highest BCUT2D eigenvalue weighted by atomic mass is 32.2. The third-order valence-corrected chi connectivity index (χ3v) is 6.05. The lowest BCUT2D eigenvalue weighted by Crippen LogP contribution is -2.14. The van der Waals surface area contributed by atoms with E-state index in [1.807, 2.05) is 0 Å². The number of nitrogen functional groups attached to an aromatic ring is 1. The first-order chi connectivity index (χ1) is 13.9. The number of aromatic nitrogens is 3. The summed E-state index contributed by atoms with van der Waals surface area (Å²) in [4.78, 5) is 24.1. The first-order valence-corrected chi connectivity index (χ1v) is 10.2. The number of hydrogen-bond acceptors (Lipinski definition) is 6. The third kappa shape index (κ3) is 3.43. The second kappa shape index (κ2) is 7.02. The Hall–Kier alpha value is -3.72. The van der Waals surface area contributed by atoms with E-state index in [2.05, 4.69) is 19.7 Å². The van der Waals surface area contributed by atoms with E-state index in [4.69, 9.17) is 5.73 Å². The van der Waals surface area contributed by atoms with Crippen LogP contribution in [0.1, 0.15) is 21.5 Å². The van der Waals surface area contributed by atoms with Gasteiger partial charge in [-0.05, 0) is 30.7 Å². The molecule has 8 nitrogen and oxygen atoms in total. The molecule has 0 atom stereocenters. The van der Waals surface area contributed by atoms with Gasteiger partial charge in [-0.2, -0.15) is 0 Å². The molecule has 0 saturated heterocycles. The van der Waals surface area contributed by atoms with Gasteiger partial charge in [0.2, 0.25) is 0 Å². The quantitative estimate of drug-likeness (QED) is 0.436. The predicted octanol–water partition coefficient (Wildman–Crippen LogP) is 2.88. The van der Waals surface area contributed by atoms with Crippen molar-refractivity contribution >= 4 is 38.3 Å². The molecular formula is C20H17N5O3S. The number of aryl methyl sites for hydroxylation is 1. The lowest BCUT2D eigenvalue weighted by atomic mass is 10.0. The molecule has 0 fully saturated rings. The van der Waals surface area contributed by atoms with Crippen LogP contribution in [0, 0.1) is 6.92 Å². The fourth-order valence-electron chi connectivity index (χ4n) is 3.11. The first kappa shape index (κ1) is 18.6. The zero-order valence-electron chi connectivity index (χ0n) is 15.4. The van der Waals surface area contributed by atoms with Crippen LogP contribution in [0.5, 0.6) is 0 Å². The molecule has 0 aliphatic rings. The molecule has 2 aromatic carbocycles. The summed E-state index contributed by atoms with van der Waals surface area (Å²) in [5, 5.41) is 0.434. The van der Waals surface area contributed by atoms with E-state index < -0.39 is 10.0 Å². The number of hydrogen-bond donors (Lipinski definition) is 3. The van der Waals surface area contributed by atoms with E-state index in [0.29, 0.717) is 27.7 Å². The third-order valence-electron chi connectivity index (χ3n) is 4.50. The fraction of sp³-hybridized carbons (Fsp3) is 0.0500. The molecule has 0 bridgehead atoms. The Kier molecular flexibility index (Phi) is 4.51. The van der Waals surface area contributed by atoms with Crippen LogP contribution in [0.2, 0.25) is 0 Å². The van der Waals surface area contributed by atoms with Crippen LogP contribution in [0.15, 0.2) is 66.0 Å². The molecule has 2 aromatic heterocycles. The minimum Gasteiger partial charge on any atom is -0.383 e. The van der Waals surface area contributed by atoms with E-state index in [-0.39, 0.29) is 22.2 Å². The first-order valence-electron chi connectivity index (χ1n) is 8.67. The number of nitrogens with two attached hydrogens (primary N) is 1. The van der Waals surface area contributed by atoms with Crippen molar-refractivity contribution in [1.29, 1.82) is 0 Å². The molecule has 29 heavy (non-hydrogen) atoms. The van der Waals surface area contributed by atoms with Crippen LogP contribution in [0.3, 0.4) is 0 Å². The van der Waals surface area contributed by atoms with Crippen LogP contribution in [-0.4, -0.2) is 29.2 Å². The van der Waals surface area contributed by atoms with E-state index >= 15 is 0 Å². The monoisotopic (exact) mass is 407 g/mol. The van der Waals surface area contributed by atoms with Gasteiger partial charge in [0.05, 0.1) is 15.8 Å². The van der Waals surface area contributed by atoms with Gasteiger partial charge in [-0.15, -0.1) is 0 Å². The van der Waals surface area contributed by atoms with Crippen LogP contribution in [0.4, 0.5) is 11.5 Å². The van der Waals surface area contributed by atoms with Gasteiger partial charge in [-0.1, -0.05) is 30.3 Å². The maximum Gasteiger partial charge on any atom is 0.262 e. The number of carbonyl (C=O) groups is 1. The molecule has 0 radical (unpaired) electrons. The molecule has 4 rings (SSSR count). The molecular weight excluding hydrogens is 390 g/mol. The molecule has 0 unspecified atom stereocenters. The number of carbonyl (C=O) groups excluding carboxylic acids is 1. The molecule has 0 spiro atoms. The summed E-state index contributed by atoms with van der Waals surface area (Å²) in [5.41, 5.74) is 7.88. The lowest BCUT2D eigenvalue weighted by molar-refractivity contribution is 0.104. The molecule has 146 valence electrons. The Labute approximate surface area is 166 Å². The number of anilines is 2. The maximum absolute atomic E-state index is 13.0. The van der Waals surface area contributed by atoms with E-state index in [1.165, 1.54) is 24.7 Å². The number of benzene rings is 2. The Morgan fingerprint density at radius 3 is 2.69 bits per heavy atom. The molecule has 4 N–H and O–H groups in total. The summed E-state index contributed by atoms with van der Waals surface area (Å²) in [7, 11) is -3.79. The smallest absolute Gasteiger partial charge is 0.262 e. The van der Waals surface area contributed by atoms with Crippen molar-refractivity contribution in [1.82, 2.24) is 15.0 Å². The van der Waals surface area contributed by atoms with Crippen molar-refractivity contribution < 1.29 is 13.2 Å².